The third-order valence-electron chi connectivity index (χ3n) is 5.09. The van der Waals surface area contributed by atoms with Gasteiger partial charge in [-0.05, 0) is 51.9 Å². The molecule has 1 heterocycles. The maximum Gasteiger partial charge on any atom is 0.410 e. The Morgan fingerprint density at radius 1 is 1.14 bits per heavy atom. The van der Waals surface area contributed by atoms with Gasteiger partial charge in [0.05, 0.1) is 0 Å². The van der Waals surface area contributed by atoms with Crippen LogP contribution in [0.2, 0.25) is 0 Å². The molecule has 1 aliphatic heterocycles. The Morgan fingerprint density at radius 3 is 2.32 bits per heavy atom. The number of rotatable bonds is 2. The van der Waals surface area contributed by atoms with Gasteiger partial charge in [0, 0.05) is 25.2 Å². The fourth-order valence-electron chi connectivity index (χ4n) is 3.64. The van der Waals surface area contributed by atoms with Gasteiger partial charge in [-0.15, -0.1) is 0 Å². The SMILES string of the molecule is CC(C)(C)OC(=O)N1CCC(NC2CCCCC2(C)C)CC1. The number of carbonyl (C=O) groups excluding carboxylic acids is 1. The molecule has 22 heavy (non-hydrogen) atoms. The molecule has 0 bridgehead atoms. The Labute approximate surface area is 136 Å². The molecule has 2 fully saturated rings. The molecule has 1 atom stereocenters. The molecule has 4 heteroatoms. The first-order valence-corrected chi connectivity index (χ1v) is 8.91. The van der Waals surface area contributed by atoms with Gasteiger partial charge in [0.15, 0.2) is 0 Å². The van der Waals surface area contributed by atoms with Crippen molar-refractivity contribution in [2.45, 2.75) is 90.8 Å². The molecule has 0 spiro atoms. The number of ether oxygens (including phenoxy) is 1. The molecule has 1 amide bonds. The quantitative estimate of drug-likeness (QED) is 0.840. The smallest absolute Gasteiger partial charge is 0.410 e. The molecule has 2 aliphatic rings. The summed E-state index contributed by atoms with van der Waals surface area (Å²) in [5.41, 5.74) is -0.00114. The van der Waals surface area contributed by atoms with Crippen molar-refractivity contribution in [3.8, 4) is 0 Å². The molecule has 128 valence electrons. The first kappa shape index (κ1) is 17.6. The topological polar surface area (TPSA) is 41.6 Å². The van der Waals surface area contributed by atoms with Gasteiger partial charge in [-0.2, -0.15) is 0 Å². The summed E-state index contributed by atoms with van der Waals surface area (Å²) in [5, 5.41) is 3.88. The molecular formula is C18H34N2O2. The van der Waals surface area contributed by atoms with Gasteiger partial charge in [-0.1, -0.05) is 26.7 Å². The highest BCUT2D eigenvalue weighted by Gasteiger charge is 2.34. The monoisotopic (exact) mass is 310 g/mol. The van der Waals surface area contributed by atoms with Crippen molar-refractivity contribution in [2.24, 2.45) is 5.41 Å². The van der Waals surface area contributed by atoms with Crippen molar-refractivity contribution in [1.29, 1.82) is 0 Å². The third kappa shape index (κ3) is 4.87. The summed E-state index contributed by atoms with van der Waals surface area (Å²) >= 11 is 0. The van der Waals surface area contributed by atoms with Gasteiger partial charge in [-0.25, -0.2) is 4.79 Å². The standard InChI is InChI=1S/C18H34N2O2/c1-17(2,3)22-16(21)20-12-9-14(10-13-20)19-15-8-6-7-11-18(15,4)5/h14-15,19H,6-13H2,1-5H3. The van der Waals surface area contributed by atoms with Gasteiger partial charge in [0.2, 0.25) is 0 Å². The fraction of sp³-hybridized carbons (Fsp3) is 0.944. The summed E-state index contributed by atoms with van der Waals surface area (Å²) in [6.07, 6.45) is 7.22. The van der Waals surface area contributed by atoms with Crippen molar-refractivity contribution >= 4 is 6.09 Å². The highest BCUT2D eigenvalue weighted by molar-refractivity contribution is 5.68. The minimum Gasteiger partial charge on any atom is -0.444 e. The van der Waals surface area contributed by atoms with Crippen LogP contribution in [0.4, 0.5) is 4.79 Å². The summed E-state index contributed by atoms with van der Waals surface area (Å²) in [6.45, 7) is 12.2. The van der Waals surface area contributed by atoms with E-state index in [0.717, 1.165) is 25.9 Å². The van der Waals surface area contributed by atoms with Crippen LogP contribution in [0.3, 0.4) is 0 Å². The van der Waals surface area contributed by atoms with E-state index in [1.165, 1.54) is 25.7 Å². The van der Waals surface area contributed by atoms with Crippen LogP contribution in [0.25, 0.3) is 0 Å². The minimum atomic E-state index is -0.404. The molecular weight excluding hydrogens is 276 g/mol. The van der Waals surface area contributed by atoms with E-state index in [4.69, 9.17) is 4.74 Å². The second-order valence-electron chi connectivity index (χ2n) is 8.70. The van der Waals surface area contributed by atoms with Crippen LogP contribution < -0.4 is 5.32 Å². The van der Waals surface area contributed by atoms with Crippen molar-refractivity contribution in [3.05, 3.63) is 0 Å². The third-order valence-corrected chi connectivity index (χ3v) is 5.09. The molecule has 2 rings (SSSR count). The van der Waals surface area contributed by atoms with Crippen molar-refractivity contribution < 1.29 is 9.53 Å². The van der Waals surface area contributed by atoms with Crippen molar-refractivity contribution in [1.82, 2.24) is 10.2 Å². The Hall–Kier alpha value is -0.770. The van der Waals surface area contributed by atoms with Gasteiger partial charge in [0.1, 0.15) is 5.60 Å². The summed E-state index contributed by atoms with van der Waals surface area (Å²) in [6, 6.07) is 1.17. The zero-order valence-electron chi connectivity index (χ0n) is 15.1. The molecule has 0 radical (unpaired) electrons. The van der Waals surface area contributed by atoms with Crippen LogP contribution in [-0.2, 0) is 4.74 Å². The summed E-state index contributed by atoms with van der Waals surface area (Å²) < 4.78 is 5.46. The zero-order chi connectivity index (χ0) is 16.4. The van der Waals surface area contributed by atoms with Crippen LogP contribution in [0.15, 0.2) is 0 Å². The normalized spacial score (nSPS) is 26.8. The van der Waals surface area contributed by atoms with E-state index in [1.807, 2.05) is 25.7 Å². The Balaban J connectivity index is 1.78. The number of piperidine rings is 1. The lowest BCUT2D eigenvalue weighted by molar-refractivity contribution is 0.0185. The lowest BCUT2D eigenvalue weighted by Gasteiger charge is -2.43. The number of carbonyl (C=O) groups is 1. The fourth-order valence-corrected chi connectivity index (χ4v) is 3.64. The molecule has 1 saturated heterocycles. The van der Waals surface area contributed by atoms with Crippen LogP contribution in [0, 0.1) is 5.41 Å². The number of hydrogen-bond donors (Lipinski definition) is 1. The average Bonchev–Trinajstić information content (AvgIpc) is 2.40. The molecule has 0 aromatic rings. The molecule has 0 aromatic carbocycles. The van der Waals surface area contributed by atoms with Crippen LogP contribution in [0.5, 0.6) is 0 Å². The zero-order valence-corrected chi connectivity index (χ0v) is 15.1. The lowest BCUT2D eigenvalue weighted by atomic mass is 9.73. The van der Waals surface area contributed by atoms with Crippen LogP contribution >= 0.6 is 0 Å². The summed E-state index contributed by atoms with van der Waals surface area (Å²) in [4.78, 5) is 14.0. The van der Waals surface area contributed by atoms with Gasteiger partial charge < -0.3 is 15.0 Å². The lowest BCUT2D eigenvalue weighted by Crippen LogP contribution is -2.53. The molecule has 1 unspecified atom stereocenters. The van der Waals surface area contributed by atoms with Crippen LogP contribution in [0.1, 0.15) is 73.1 Å². The predicted octanol–water partition coefficient (Wildman–Crippen LogP) is 3.94. The van der Waals surface area contributed by atoms with E-state index >= 15 is 0 Å². The molecule has 1 aliphatic carbocycles. The Bertz CT molecular complexity index is 379. The number of likely N-dealkylation sites (tertiary alicyclic amines) is 1. The Morgan fingerprint density at radius 2 is 1.77 bits per heavy atom. The first-order chi connectivity index (χ1) is 10.2. The predicted molar refractivity (Wildman–Crippen MR) is 90.0 cm³/mol. The van der Waals surface area contributed by atoms with E-state index in [0.29, 0.717) is 17.5 Å². The maximum absolute atomic E-state index is 12.1. The average molecular weight is 310 g/mol. The van der Waals surface area contributed by atoms with E-state index in [2.05, 4.69) is 19.2 Å². The van der Waals surface area contributed by atoms with Crippen molar-refractivity contribution in [2.75, 3.05) is 13.1 Å². The van der Waals surface area contributed by atoms with E-state index in [-0.39, 0.29) is 6.09 Å². The molecule has 1 saturated carbocycles. The van der Waals surface area contributed by atoms with E-state index in [1.54, 1.807) is 0 Å². The van der Waals surface area contributed by atoms with Gasteiger partial charge >= 0.3 is 6.09 Å². The minimum absolute atomic E-state index is 0.163. The molecule has 4 nitrogen and oxygen atoms in total. The maximum atomic E-state index is 12.1. The highest BCUT2D eigenvalue weighted by atomic mass is 16.6. The molecule has 1 N–H and O–H groups in total. The Kier molecular flexibility index (Phi) is 5.41. The highest BCUT2D eigenvalue weighted by Crippen LogP contribution is 2.36. The van der Waals surface area contributed by atoms with Crippen molar-refractivity contribution in [3.63, 3.8) is 0 Å². The number of hydrogen-bond acceptors (Lipinski definition) is 3. The van der Waals surface area contributed by atoms with E-state index in [9.17, 15) is 4.79 Å². The number of amides is 1. The summed E-state index contributed by atoms with van der Waals surface area (Å²) in [7, 11) is 0. The number of nitrogens with one attached hydrogen (secondary N) is 1. The van der Waals surface area contributed by atoms with Gasteiger partial charge in [0.25, 0.3) is 0 Å². The second kappa shape index (κ2) is 6.77. The number of nitrogens with zero attached hydrogens (tertiary/aromatic N) is 1. The van der Waals surface area contributed by atoms with Gasteiger partial charge in [-0.3, -0.25) is 0 Å². The summed E-state index contributed by atoms with van der Waals surface area (Å²) in [5.74, 6) is 0. The molecule has 0 aromatic heterocycles. The second-order valence-corrected chi connectivity index (χ2v) is 8.70. The largest absolute Gasteiger partial charge is 0.444 e. The first-order valence-electron chi connectivity index (χ1n) is 8.91. The van der Waals surface area contributed by atoms with E-state index < -0.39 is 5.60 Å². The van der Waals surface area contributed by atoms with Crippen LogP contribution in [-0.4, -0.2) is 41.8 Å².